The van der Waals surface area contributed by atoms with Crippen LogP contribution in [0.5, 0.6) is 11.5 Å². The molecule has 1 aliphatic rings. The summed E-state index contributed by atoms with van der Waals surface area (Å²) in [6.45, 7) is 5.28. The van der Waals surface area contributed by atoms with Gasteiger partial charge in [-0.2, -0.15) is 0 Å². The maximum atomic E-state index is 5.72. The molecule has 0 spiro atoms. The molecule has 2 rings (SSSR count). The summed E-state index contributed by atoms with van der Waals surface area (Å²) in [6.07, 6.45) is 0.840. The Kier molecular flexibility index (Phi) is 4.29. The lowest BCUT2D eigenvalue weighted by atomic mass is 9.88. The first kappa shape index (κ1) is 14.1. The van der Waals surface area contributed by atoms with E-state index >= 15 is 0 Å². The second-order valence-electron chi connectivity index (χ2n) is 4.87. The van der Waals surface area contributed by atoms with Crippen molar-refractivity contribution in [2.24, 2.45) is 5.84 Å². The molecule has 0 amide bonds. The van der Waals surface area contributed by atoms with E-state index in [2.05, 4.69) is 12.3 Å². The van der Waals surface area contributed by atoms with Gasteiger partial charge in [-0.25, -0.2) is 0 Å². The molecule has 19 heavy (non-hydrogen) atoms. The van der Waals surface area contributed by atoms with Gasteiger partial charge >= 0.3 is 0 Å². The number of hydrazine groups is 1. The average molecular weight is 266 g/mol. The third-order valence-corrected chi connectivity index (χ3v) is 3.85. The highest BCUT2D eigenvalue weighted by atomic mass is 16.6. The Morgan fingerprint density at radius 2 is 2.05 bits per heavy atom. The van der Waals surface area contributed by atoms with Gasteiger partial charge in [0.25, 0.3) is 0 Å². The van der Waals surface area contributed by atoms with Gasteiger partial charge in [0.1, 0.15) is 13.2 Å². The smallest absolute Gasteiger partial charge is 0.161 e. The molecule has 2 unspecified atom stereocenters. The van der Waals surface area contributed by atoms with E-state index < -0.39 is 0 Å². The van der Waals surface area contributed by atoms with E-state index in [0.29, 0.717) is 13.2 Å². The van der Waals surface area contributed by atoms with Crippen LogP contribution in [0, 0.1) is 0 Å². The third kappa shape index (κ3) is 2.68. The van der Waals surface area contributed by atoms with Crippen LogP contribution < -0.4 is 20.7 Å². The minimum atomic E-state index is -0.376. The molecule has 5 heteroatoms. The van der Waals surface area contributed by atoms with Crippen LogP contribution in [0.15, 0.2) is 18.2 Å². The highest BCUT2D eigenvalue weighted by Gasteiger charge is 2.33. The summed E-state index contributed by atoms with van der Waals surface area (Å²) in [6, 6.07) is 5.76. The van der Waals surface area contributed by atoms with Crippen molar-refractivity contribution in [1.82, 2.24) is 5.43 Å². The molecule has 1 aromatic rings. The zero-order valence-electron chi connectivity index (χ0n) is 11.7. The quantitative estimate of drug-likeness (QED) is 0.628. The number of fused-ring (bicyclic) bond motifs is 1. The topological polar surface area (TPSA) is 65.7 Å². The Morgan fingerprint density at radius 3 is 2.63 bits per heavy atom. The molecule has 0 aromatic heterocycles. The van der Waals surface area contributed by atoms with E-state index in [1.54, 1.807) is 7.11 Å². The van der Waals surface area contributed by atoms with Crippen molar-refractivity contribution in [1.29, 1.82) is 0 Å². The van der Waals surface area contributed by atoms with Gasteiger partial charge in [0.15, 0.2) is 11.5 Å². The molecule has 0 saturated heterocycles. The van der Waals surface area contributed by atoms with Gasteiger partial charge < -0.3 is 14.2 Å². The summed E-state index contributed by atoms with van der Waals surface area (Å²) in [7, 11) is 1.70. The number of hydrogen-bond acceptors (Lipinski definition) is 5. The summed E-state index contributed by atoms with van der Waals surface area (Å²) in [5.74, 6) is 7.26. The average Bonchev–Trinajstić information content (AvgIpc) is 2.47. The van der Waals surface area contributed by atoms with Crippen molar-refractivity contribution < 1.29 is 14.2 Å². The molecule has 1 aliphatic heterocycles. The Bertz CT molecular complexity index is 433. The Morgan fingerprint density at radius 1 is 1.37 bits per heavy atom. The zero-order chi connectivity index (χ0) is 13.9. The zero-order valence-corrected chi connectivity index (χ0v) is 11.7. The van der Waals surface area contributed by atoms with E-state index in [1.165, 1.54) is 0 Å². The SMILES string of the molecule is CCC(C)(OC)C(NN)c1ccc2c(c1)OCCO2. The van der Waals surface area contributed by atoms with Gasteiger partial charge in [0.2, 0.25) is 0 Å². The molecule has 0 saturated carbocycles. The fourth-order valence-electron chi connectivity index (χ4n) is 2.33. The molecule has 1 heterocycles. The van der Waals surface area contributed by atoms with Gasteiger partial charge in [-0.15, -0.1) is 0 Å². The fraction of sp³-hybridized carbons (Fsp3) is 0.571. The molecule has 2 atom stereocenters. The molecule has 0 fully saturated rings. The van der Waals surface area contributed by atoms with Crippen LogP contribution in [0.1, 0.15) is 31.9 Å². The van der Waals surface area contributed by atoms with Crippen LogP contribution in [-0.4, -0.2) is 25.9 Å². The second kappa shape index (κ2) is 5.77. The van der Waals surface area contributed by atoms with Gasteiger partial charge in [0.05, 0.1) is 11.6 Å². The number of benzene rings is 1. The van der Waals surface area contributed by atoms with Crippen LogP contribution in [0.25, 0.3) is 0 Å². The molecular weight excluding hydrogens is 244 g/mol. The fourth-order valence-corrected chi connectivity index (χ4v) is 2.33. The molecule has 106 valence electrons. The number of rotatable bonds is 5. The number of nitrogens with two attached hydrogens (primary N) is 1. The molecule has 1 aromatic carbocycles. The van der Waals surface area contributed by atoms with Crippen LogP contribution in [0.4, 0.5) is 0 Å². The molecule has 0 radical (unpaired) electrons. The summed E-state index contributed by atoms with van der Waals surface area (Å²) in [5, 5.41) is 0. The Labute approximate surface area is 114 Å². The molecule has 0 bridgehead atoms. The van der Waals surface area contributed by atoms with E-state index in [9.17, 15) is 0 Å². The van der Waals surface area contributed by atoms with Crippen molar-refractivity contribution in [3.05, 3.63) is 23.8 Å². The maximum Gasteiger partial charge on any atom is 0.161 e. The lowest BCUT2D eigenvalue weighted by Gasteiger charge is -2.36. The monoisotopic (exact) mass is 266 g/mol. The maximum absolute atomic E-state index is 5.72. The summed E-state index contributed by atoms with van der Waals surface area (Å²) >= 11 is 0. The first-order chi connectivity index (χ1) is 9.14. The molecule has 5 nitrogen and oxygen atoms in total. The second-order valence-corrected chi connectivity index (χ2v) is 4.87. The number of hydrogen-bond donors (Lipinski definition) is 2. The molecule has 0 aliphatic carbocycles. The standard InChI is InChI=1S/C14H22N2O3/c1-4-14(2,17-3)13(16-15)10-5-6-11-12(9-10)19-8-7-18-11/h5-6,9,13,16H,4,7-8,15H2,1-3H3. The van der Waals surface area contributed by atoms with Crippen LogP contribution in [0.2, 0.25) is 0 Å². The Balaban J connectivity index is 2.33. The Hall–Kier alpha value is -1.30. The van der Waals surface area contributed by atoms with E-state index in [1.807, 2.05) is 25.1 Å². The summed E-state index contributed by atoms with van der Waals surface area (Å²) in [4.78, 5) is 0. The normalized spacial score (nSPS) is 18.7. The minimum absolute atomic E-state index is 0.113. The van der Waals surface area contributed by atoms with Crippen LogP contribution in [-0.2, 0) is 4.74 Å². The summed E-state index contributed by atoms with van der Waals surface area (Å²) in [5.41, 5.74) is 3.50. The van der Waals surface area contributed by atoms with E-state index in [-0.39, 0.29) is 11.6 Å². The minimum Gasteiger partial charge on any atom is -0.486 e. The van der Waals surface area contributed by atoms with Gasteiger partial charge in [-0.3, -0.25) is 11.3 Å². The molecular formula is C14H22N2O3. The lowest BCUT2D eigenvalue weighted by molar-refractivity contribution is -0.0301. The first-order valence-corrected chi connectivity index (χ1v) is 6.55. The van der Waals surface area contributed by atoms with Gasteiger partial charge in [-0.05, 0) is 31.0 Å². The van der Waals surface area contributed by atoms with Gasteiger partial charge in [0, 0.05) is 7.11 Å². The summed E-state index contributed by atoms with van der Waals surface area (Å²) < 4.78 is 16.8. The third-order valence-electron chi connectivity index (χ3n) is 3.85. The van der Waals surface area contributed by atoms with Crippen LogP contribution in [0.3, 0.4) is 0 Å². The van der Waals surface area contributed by atoms with Crippen molar-refractivity contribution in [3.63, 3.8) is 0 Å². The highest BCUT2D eigenvalue weighted by molar-refractivity contribution is 5.45. The predicted molar refractivity (Wildman–Crippen MR) is 73.2 cm³/mol. The number of nitrogens with one attached hydrogen (secondary N) is 1. The predicted octanol–water partition coefficient (Wildman–Crippen LogP) is 1.78. The van der Waals surface area contributed by atoms with Crippen molar-refractivity contribution >= 4 is 0 Å². The van der Waals surface area contributed by atoms with E-state index in [4.69, 9.17) is 20.1 Å². The van der Waals surface area contributed by atoms with Crippen molar-refractivity contribution in [2.75, 3.05) is 20.3 Å². The number of ether oxygens (including phenoxy) is 3. The van der Waals surface area contributed by atoms with Gasteiger partial charge in [-0.1, -0.05) is 13.0 Å². The van der Waals surface area contributed by atoms with Crippen LogP contribution >= 0.6 is 0 Å². The number of methoxy groups -OCH3 is 1. The molecule has 3 N–H and O–H groups in total. The largest absolute Gasteiger partial charge is 0.486 e. The lowest BCUT2D eigenvalue weighted by Crippen LogP contribution is -2.45. The highest BCUT2D eigenvalue weighted by Crippen LogP contribution is 2.37. The van der Waals surface area contributed by atoms with Crippen molar-refractivity contribution in [3.8, 4) is 11.5 Å². The van der Waals surface area contributed by atoms with Crippen molar-refractivity contribution in [2.45, 2.75) is 31.9 Å². The van der Waals surface area contributed by atoms with E-state index in [0.717, 1.165) is 23.5 Å². The first-order valence-electron chi connectivity index (χ1n) is 6.55.